The number of rotatable bonds is 3. The predicted octanol–water partition coefficient (Wildman–Crippen LogP) is 1.35. The molecule has 2 unspecified atom stereocenters. The molecule has 1 saturated carbocycles. The number of guanidine groups is 1. The van der Waals surface area contributed by atoms with Gasteiger partial charge in [-0.15, -0.1) is 0 Å². The lowest BCUT2D eigenvalue weighted by Crippen LogP contribution is -2.51. The van der Waals surface area contributed by atoms with Gasteiger partial charge in [0.25, 0.3) is 0 Å². The third-order valence-electron chi connectivity index (χ3n) is 5.28. The van der Waals surface area contributed by atoms with E-state index in [4.69, 9.17) is 10.7 Å². The summed E-state index contributed by atoms with van der Waals surface area (Å²) in [6, 6.07) is 2.23. The molecule has 6 heteroatoms. The number of nitrogens with zero attached hydrogens (tertiary/aromatic N) is 5. The van der Waals surface area contributed by atoms with Crippen LogP contribution in [0.25, 0.3) is 0 Å². The predicted molar refractivity (Wildman–Crippen MR) is 88.8 cm³/mol. The van der Waals surface area contributed by atoms with Crippen LogP contribution in [-0.2, 0) is 0 Å². The second-order valence-corrected chi connectivity index (χ2v) is 6.89. The maximum absolute atomic E-state index is 6.22. The smallest absolute Gasteiger partial charge is 0.225 e. The lowest BCUT2D eigenvalue weighted by atomic mass is 9.94. The first-order chi connectivity index (χ1) is 10.5. The largest absolute Gasteiger partial charge is 0.370 e. The quantitative estimate of drug-likeness (QED) is 0.674. The molecule has 22 heavy (non-hydrogen) atoms. The van der Waals surface area contributed by atoms with Crippen LogP contribution in [0.2, 0.25) is 0 Å². The van der Waals surface area contributed by atoms with Crippen LogP contribution in [0.5, 0.6) is 0 Å². The molecule has 2 fully saturated rings. The Kier molecular flexibility index (Phi) is 3.93. The van der Waals surface area contributed by atoms with Crippen molar-refractivity contribution >= 4 is 11.9 Å². The SMILES string of the molecule is CC(C)C1(C)CC1N=C(N)N1CCN(c2ncccn2)CC1. The molecule has 120 valence electrons. The van der Waals surface area contributed by atoms with Crippen molar-refractivity contribution in [3.8, 4) is 0 Å². The van der Waals surface area contributed by atoms with E-state index in [1.54, 1.807) is 12.4 Å². The normalized spacial score (nSPS) is 29.1. The zero-order chi connectivity index (χ0) is 15.7. The summed E-state index contributed by atoms with van der Waals surface area (Å²) >= 11 is 0. The van der Waals surface area contributed by atoms with Gasteiger partial charge in [-0.05, 0) is 23.8 Å². The van der Waals surface area contributed by atoms with E-state index in [0.717, 1.165) is 38.5 Å². The van der Waals surface area contributed by atoms with Crippen LogP contribution >= 0.6 is 0 Å². The highest BCUT2D eigenvalue weighted by Crippen LogP contribution is 2.53. The minimum atomic E-state index is 0.338. The molecule has 0 bridgehead atoms. The maximum atomic E-state index is 6.22. The van der Waals surface area contributed by atoms with E-state index in [2.05, 4.69) is 40.5 Å². The van der Waals surface area contributed by atoms with Crippen molar-refractivity contribution in [2.45, 2.75) is 33.2 Å². The third-order valence-corrected chi connectivity index (χ3v) is 5.28. The highest BCUT2D eigenvalue weighted by molar-refractivity contribution is 5.79. The number of anilines is 1. The minimum absolute atomic E-state index is 0.338. The van der Waals surface area contributed by atoms with Crippen LogP contribution in [0.3, 0.4) is 0 Å². The first-order valence-electron chi connectivity index (χ1n) is 8.11. The van der Waals surface area contributed by atoms with Gasteiger partial charge >= 0.3 is 0 Å². The molecule has 6 nitrogen and oxygen atoms in total. The molecule has 0 amide bonds. The van der Waals surface area contributed by atoms with Gasteiger partial charge in [-0.1, -0.05) is 20.8 Å². The summed E-state index contributed by atoms with van der Waals surface area (Å²) < 4.78 is 0. The molecule has 1 saturated heterocycles. The number of hydrogen-bond acceptors (Lipinski definition) is 4. The van der Waals surface area contributed by atoms with Crippen LogP contribution in [0, 0.1) is 11.3 Å². The second-order valence-electron chi connectivity index (χ2n) is 6.89. The van der Waals surface area contributed by atoms with Gasteiger partial charge < -0.3 is 15.5 Å². The van der Waals surface area contributed by atoms with E-state index >= 15 is 0 Å². The molecule has 1 aromatic rings. The van der Waals surface area contributed by atoms with E-state index in [9.17, 15) is 0 Å². The highest BCUT2D eigenvalue weighted by atomic mass is 15.4. The molecule has 3 rings (SSSR count). The van der Waals surface area contributed by atoms with E-state index in [-0.39, 0.29) is 0 Å². The van der Waals surface area contributed by atoms with Crippen molar-refractivity contribution < 1.29 is 0 Å². The molecule has 0 aromatic carbocycles. The Morgan fingerprint density at radius 2 is 1.91 bits per heavy atom. The minimum Gasteiger partial charge on any atom is -0.370 e. The van der Waals surface area contributed by atoms with Crippen LogP contribution in [0.1, 0.15) is 27.2 Å². The van der Waals surface area contributed by atoms with E-state index in [1.807, 2.05) is 6.07 Å². The van der Waals surface area contributed by atoms with E-state index in [0.29, 0.717) is 23.3 Å². The fourth-order valence-electron chi connectivity index (χ4n) is 3.00. The number of nitrogens with two attached hydrogens (primary N) is 1. The average Bonchev–Trinajstić information content (AvgIpc) is 3.20. The van der Waals surface area contributed by atoms with Gasteiger partial charge in [-0.2, -0.15) is 0 Å². The number of aliphatic imine (C=N–C) groups is 1. The van der Waals surface area contributed by atoms with Gasteiger partial charge in [-0.25, -0.2) is 15.0 Å². The summed E-state index contributed by atoms with van der Waals surface area (Å²) in [6.07, 6.45) is 4.72. The van der Waals surface area contributed by atoms with Crippen molar-refractivity contribution in [1.82, 2.24) is 14.9 Å². The Morgan fingerprint density at radius 3 is 2.45 bits per heavy atom. The number of aromatic nitrogens is 2. The van der Waals surface area contributed by atoms with Gasteiger partial charge in [0.05, 0.1) is 6.04 Å². The van der Waals surface area contributed by atoms with Gasteiger partial charge in [0.2, 0.25) is 5.95 Å². The first kappa shape index (κ1) is 15.1. The van der Waals surface area contributed by atoms with Crippen LogP contribution in [-0.4, -0.2) is 53.0 Å². The van der Waals surface area contributed by atoms with Crippen molar-refractivity contribution in [3.63, 3.8) is 0 Å². The Morgan fingerprint density at radius 1 is 1.27 bits per heavy atom. The Bertz CT molecular complexity index is 535. The Balaban J connectivity index is 1.56. The Labute approximate surface area is 132 Å². The van der Waals surface area contributed by atoms with Crippen molar-refractivity contribution in [3.05, 3.63) is 18.5 Å². The molecular formula is C16H26N6. The van der Waals surface area contributed by atoms with Crippen LogP contribution < -0.4 is 10.6 Å². The lowest BCUT2D eigenvalue weighted by molar-refractivity contribution is 0.367. The molecule has 0 radical (unpaired) electrons. The van der Waals surface area contributed by atoms with Crippen molar-refractivity contribution in [2.24, 2.45) is 22.1 Å². The molecular weight excluding hydrogens is 276 g/mol. The second kappa shape index (κ2) is 5.74. The van der Waals surface area contributed by atoms with Crippen LogP contribution in [0.4, 0.5) is 5.95 Å². The van der Waals surface area contributed by atoms with Gasteiger partial charge in [0, 0.05) is 38.6 Å². The fraction of sp³-hybridized carbons (Fsp3) is 0.688. The topological polar surface area (TPSA) is 70.6 Å². The first-order valence-corrected chi connectivity index (χ1v) is 8.11. The van der Waals surface area contributed by atoms with Gasteiger partial charge in [0.15, 0.2) is 5.96 Å². The molecule has 2 N–H and O–H groups in total. The van der Waals surface area contributed by atoms with E-state index < -0.39 is 0 Å². The van der Waals surface area contributed by atoms with Crippen LogP contribution in [0.15, 0.2) is 23.5 Å². The summed E-state index contributed by atoms with van der Waals surface area (Å²) in [5.41, 5.74) is 6.56. The number of hydrogen-bond donors (Lipinski definition) is 1. The monoisotopic (exact) mass is 302 g/mol. The zero-order valence-corrected chi connectivity index (χ0v) is 13.7. The van der Waals surface area contributed by atoms with E-state index in [1.165, 1.54) is 0 Å². The standard InChI is InChI=1S/C16H26N6/c1-12(2)16(3)11-13(16)20-14(17)21-7-9-22(10-8-21)15-18-5-4-6-19-15/h4-6,12-13H,7-11H2,1-3H3,(H2,17,20). The number of piperazine rings is 1. The molecule has 0 spiro atoms. The average molecular weight is 302 g/mol. The van der Waals surface area contributed by atoms with Gasteiger partial charge in [-0.3, -0.25) is 0 Å². The lowest BCUT2D eigenvalue weighted by Gasteiger charge is -2.35. The summed E-state index contributed by atoms with van der Waals surface area (Å²) in [5.74, 6) is 2.15. The van der Waals surface area contributed by atoms with Gasteiger partial charge in [0.1, 0.15) is 0 Å². The fourth-order valence-corrected chi connectivity index (χ4v) is 3.00. The summed E-state index contributed by atoms with van der Waals surface area (Å²) in [6.45, 7) is 10.4. The summed E-state index contributed by atoms with van der Waals surface area (Å²) in [4.78, 5) is 17.7. The third kappa shape index (κ3) is 2.87. The van der Waals surface area contributed by atoms with Crippen molar-refractivity contribution in [2.75, 3.05) is 31.1 Å². The summed E-state index contributed by atoms with van der Waals surface area (Å²) in [7, 11) is 0. The molecule has 1 aliphatic heterocycles. The molecule has 2 aliphatic rings. The zero-order valence-electron chi connectivity index (χ0n) is 13.7. The maximum Gasteiger partial charge on any atom is 0.225 e. The molecule has 1 aliphatic carbocycles. The molecule has 2 heterocycles. The summed E-state index contributed by atoms with van der Waals surface area (Å²) in [5, 5.41) is 0. The highest BCUT2D eigenvalue weighted by Gasteiger charge is 2.52. The Hall–Kier alpha value is -1.85. The molecule has 1 aromatic heterocycles. The molecule has 2 atom stereocenters. The van der Waals surface area contributed by atoms with Crippen molar-refractivity contribution in [1.29, 1.82) is 0 Å².